The number of hydrogen-bond donors (Lipinski definition) is 1. The Morgan fingerprint density at radius 3 is 2.57 bits per heavy atom. The van der Waals surface area contributed by atoms with Crippen molar-refractivity contribution in [3.8, 4) is 0 Å². The third kappa shape index (κ3) is 4.29. The lowest BCUT2D eigenvalue weighted by atomic mass is 10.1. The Kier molecular flexibility index (Phi) is 5.76. The Hall–Kier alpha value is -1.39. The molecule has 114 valence electrons. The molecule has 0 aliphatic heterocycles. The number of rotatable bonds is 7. The van der Waals surface area contributed by atoms with Crippen LogP contribution in [0.5, 0.6) is 0 Å². The molecule has 1 heterocycles. The summed E-state index contributed by atoms with van der Waals surface area (Å²) in [7, 11) is 2.13. The summed E-state index contributed by atoms with van der Waals surface area (Å²) in [6.45, 7) is 8.46. The molecule has 0 bridgehead atoms. The topological polar surface area (TPSA) is 28.2 Å². The third-order valence-electron chi connectivity index (χ3n) is 3.76. The molecule has 1 atom stereocenters. The van der Waals surface area contributed by atoms with E-state index in [0.29, 0.717) is 6.04 Å². The first-order valence-electron chi connectivity index (χ1n) is 7.55. The van der Waals surface area contributed by atoms with E-state index in [1.165, 1.54) is 22.5 Å². The first-order valence-corrected chi connectivity index (χ1v) is 8.43. The van der Waals surface area contributed by atoms with Crippen LogP contribution in [0.25, 0.3) is 0 Å². The highest BCUT2D eigenvalue weighted by molar-refractivity contribution is 7.09. The minimum absolute atomic E-state index is 0.410. The zero-order valence-electron chi connectivity index (χ0n) is 13.4. The largest absolute Gasteiger partial charge is 0.369 e. The predicted octanol–water partition coefficient (Wildman–Crippen LogP) is 4.15. The first kappa shape index (κ1) is 16.0. The van der Waals surface area contributed by atoms with Gasteiger partial charge in [-0.15, -0.1) is 11.3 Å². The van der Waals surface area contributed by atoms with Crippen LogP contribution in [-0.4, -0.2) is 18.6 Å². The molecule has 0 spiro atoms. The van der Waals surface area contributed by atoms with Crippen molar-refractivity contribution < 1.29 is 0 Å². The van der Waals surface area contributed by atoms with Crippen molar-refractivity contribution in [3.63, 3.8) is 0 Å². The predicted molar refractivity (Wildman–Crippen MR) is 92.1 cm³/mol. The lowest BCUT2D eigenvalue weighted by Gasteiger charge is -2.20. The molecule has 1 aromatic heterocycles. The summed E-state index contributed by atoms with van der Waals surface area (Å²) in [6.07, 6.45) is 1.17. The monoisotopic (exact) mass is 303 g/mol. The minimum Gasteiger partial charge on any atom is -0.369 e. The molecule has 0 saturated carbocycles. The molecular formula is C17H25N3S. The second kappa shape index (κ2) is 7.57. The highest BCUT2D eigenvalue weighted by Crippen LogP contribution is 2.22. The van der Waals surface area contributed by atoms with Crippen LogP contribution in [-0.2, 0) is 6.54 Å². The van der Waals surface area contributed by atoms with Gasteiger partial charge < -0.3 is 10.2 Å². The van der Waals surface area contributed by atoms with Crippen LogP contribution < -0.4 is 10.2 Å². The van der Waals surface area contributed by atoms with Gasteiger partial charge in [-0.2, -0.15) is 0 Å². The van der Waals surface area contributed by atoms with Crippen molar-refractivity contribution in [2.24, 2.45) is 0 Å². The summed E-state index contributed by atoms with van der Waals surface area (Å²) < 4.78 is 0. The fourth-order valence-corrected chi connectivity index (χ4v) is 3.11. The average Bonchev–Trinajstić information content (AvgIpc) is 2.90. The summed E-state index contributed by atoms with van der Waals surface area (Å²) in [6, 6.07) is 9.26. The van der Waals surface area contributed by atoms with Gasteiger partial charge in [0.05, 0.1) is 17.7 Å². The molecule has 1 N–H and O–H groups in total. The van der Waals surface area contributed by atoms with E-state index in [0.717, 1.165) is 18.8 Å². The molecule has 0 fully saturated rings. The van der Waals surface area contributed by atoms with E-state index in [9.17, 15) is 0 Å². The third-order valence-corrected chi connectivity index (χ3v) is 4.68. The first-order chi connectivity index (χ1) is 10.1. The number of thiazole rings is 1. The lowest BCUT2D eigenvalue weighted by Crippen LogP contribution is -2.19. The van der Waals surface area contributed by atoms with E-state index in [2.05, 4.69) is 67.3 Å². The summed E-state index contributed by atoms with van der Waals surface area (Å²) in [4.78, 5) is 7.92. The molecule has 2 aromatic rings. The summed E-state index contributed by atoms with van der Waals surface area (Å²) in [5.41, 5.74) is 5.65. The fourth-order valence-electron chi connectivity index (χ4n) is 2.28. The van der Waals surface area contributed by atoms with Crippen molar-refractivity contribution in [1.82, 2.24) is 10.3 Å². The molecular weight excluding hydrogens is 278 g/mol. The quantitative estimate of drug-likeness (QED) is 0.833. The van der Waals surface area contributed by atoms with E-state index < -0.39 is 0 Å². The molecule has 21 heavy (non-hydrogen) atoms. The van der Waals surface area contributed by atoms with Crippen LogP contribution in [0, 0.1) is 6.92 Å². The summed E-state index contributed by atoms with van der Waals surface area (Å²) >= 11 is 1.73. The SMILES string of the molecule is CCCNC(C)c1ccc(N(C)Cc2scnc2C)cc1. The Labute approximate surface area is 132 Å². The van der Waals surface area contributed by atoms with Crippen molar-refractivity contribution >= 4 is 17.0 Å². The standard InChI is InChI=1S/C17H25N3S/c1-5-10-18-13(2)15-6-8-16(9-7-15)20(4)11-17-14(3)19-12-21-17/h6-9,12-13,18H,5,10-11H2,1-4H3. The zero-order valence-corrected chi connectivity index (χ0v) is 14.2. The second-order valence-corrected chi connectivity index (χ2v) is 6.42. The maximum Gasteiger partial charge on any atom is 0.0798 e. The molecule has 0 aliphatic rings. The minimum atomic E-state index is 0.410. The van der Waals surface area contributed by atoms with Crippen LogP contribution in [0.4, 0.5) is 5.69 Å². The molecule has 1 unspecified atom stereocenters. The van der Waals surface area contributed by atoms with Gasteiger partial charge in [0.15, 0.2) is 0 Å². The normalized spacial score (nSPS) is 12.4. The maximum atomic E-state index is 4.31. The Bertz CT molecular complexity index is 547. The number of benzene rings is 1. The van der Waals surface area contributed by atoms with Crippen LogP contribution in [0.1, 0.15) is 42.4 Å². The zero-order chi connectivity index (χ0) is 15.2. The molecule has 2 rings (SSSR count). The lowest BCUT2D eigenvalue weighted by molar-refractivity contribution is 0.571. The van der Waals surface area contributed by atoms with E-state index in [1.54, 1.807) is 11.3 Å². The van der Waals surface area contributed by atoms with Gasteiger partial charge in [-0.25, -0.2) is 4.98 Å². The van der Waals surface area contributed by atoms with Crippen LogP contribution in [0.15, 0.2) is 29.8 Å². The molecule has 0 amide bonds. The van der Waals surface area contributed by atoms with Crippen LogP contribution in [0.3, 0.4) is 0 Å². The van der Waals surface area contributed by atoms with E-state index in [4.69, 9.17) is 0 Å². The smallest absolute Gasteiger partial charge is 0.0798 e. The fraction of sp³-hybridized carbons (Fsp3) is 0.471. The molecule has 0 radical (unpaired) electrons. The molecule has 3 nitrogen and oxygen atoms in total. The van der Waals surface area contributed by atoms with Crippen molar-refractivity contribution in [1.29, 1.82) is 0 Å². The van der Waals surface area contributed by atoms with Gasteiger partial charge in [-0.3, -0.25) is 0 Å². The van der Waals surface area contributed by atoms with Crippen LogP contribution >= 0.6 is 11.3 Å². The van der Waals surface area contributed by atoms with Crippen molar-refractivity contribution in [2.45, 2.75) is 39.8 Å². The van der Waals surface area contributed by atoms with Crippen molar-refractivity contribution in [2.75, 3.05) is 18.5 Å². The highest BCUT2D eigenvalue weighted by atomic mass is 32.1. The number of aromatic nitrogens is 1. The number of nitrogens with one attached hydrogen (secondary N) is 1. The van der Waals surface area contributed by atoms with Crippen molar-refractivity contribution in [3.05, 3.63) is 45.9 Å². The van der Waals surface area contributed by atoms with Gasteiger partial charge in [-0.1, -0.05) is 19.1 Å². The van der Waals surface area contributed by atoms with Gasteiger partial charge in [0.1, 0.15) is 0 Å². The van der Waals surface area contributed by atoms with Gasteiger partial charge >= 0.3 is 0 Å². The highest BCUT2D eigenvalue weighted by Gasteiger charge is 2.08. The summed E-state index contributed by atoms with van der Waals surface area (Å²) in [5.74, 6) is 0. The average molecular weight is 303 g/mol. The van der Waals surface area contributed by atoms with Gasteiger partial charge in [-0.05, 0) is 44.5 Å². The second-order valence-electron chi connectivity index (χ2n) is 5.48. The Balaban J connectivity index is 1.99. The van der Waals surface area contributed by atoms with E-state index in [-0.39, 0.29) is 0 Å². The molecule has 0 aliphatic carbocycles. The van der Waals surface area contributed by atoms with Gasteiger partial charge in [0.25, 0.3) is 0 Å². The molecule has 4 heteroatoms. The number of anilines is 1. The van der Waals surface area contributed by atoms with Gasteiger partial charge in [0.2, 0.25) is 0 Å². The number of nitrogens with zero attached hydrogens (tertiary/aromatic N) is 2. The van der Waals surface area contributed by atoms with Gasteiger partial charge in [0, 0.05) is 23.7 Å². The number of hydrogen-bond acceptors (Lipinski definition) is 4. The van der Waals surface area contributed by atoms with Crippen LogP contribution in [0.2, 0.25) is 0 Å². The van der Waals surface area contributed by atoms with E-state index >= 15 is 0 Å². The molecule has 0 saturated heterocycles. The Morgan fingerprint density at radius 2 is 2.00 bits per heavy atom. The molecule has 1 aromatic carbocycles. The maximum absolute atomic E-state index is 4.31. The Morgan fingerprint density at radius 1 is 1.29 bits per heavy atom. The number of aryl methyl sites for hydroxylation is 1. The summed E-state index contributed by atoms with van der Waals surface area (Å²) in [5, 5.41) is 3.52. The van der Waals surface area contributed by atoms with E-state index in [1.807, 2.05) is 5.51 Å².